The molecule has 0 radical (unpaired) electrons. The van der Waals surface area contributed by atoms with Crippen molar-refractivity contribution in [2.75, 3.05) is 19.4 Å². The number of benzene rings is 1. The molecular formula is C19H23N3O4S2. The fourth-order valence-corrected chi connectivity index (χ4v) is 5.58. The monoisotopic (exact) mass is 421 g/mol. The standard InChI is InChI=1S/C19H23N3O4S2/c1-11-4-9-14-15(10-11)27-19(16(14)17(20)23)21-18(24)12-5-7-13(8-6-12)28(25,26)22(2)3/h5-8,11H,4,9-10H2,1-3H3,(H2,20,23)(H,21,24)/t11-/m1/s1. The van der Waals surface area contributed by atoms with Gasteiger partial charge in [-0.2, -0.15) is 0 Å². The first kappa shape index (κ1) is 20.5. The summed E-state index contributed by atoms with van der Waals surface area (Å²) in [5, 5.41) is 3.24. The van der Waals surface area contributed by atoms with Crippen LogP contribution in [0.25, 0.3) is 0 Å². The van der Waals surface area contributed by atoms with Gasteiger partial charge in [-0.25, -0.2) is 12.7 Å². The molecule has 3 rings (SSSR count). The predicted octanol–water partition coefficient (Wildman–Crippen LogP) is 2.47. The molecule has 0 bridgehead atoms. The van der Waals surface area contributed by atoms with Gasteiger partial charge in [0, 0.05) is 24.5 Å². The molecule has 0 aliphatic heterocycles. The molecule has 1 aliphatic rings. The number of amides is 2. The van der Waals surface area contributed by atoms with Gasteiger partial charge in [-0.05, 0) is 55.0 Å². The van der Waals surface area contributed by atoms with E-state index in [1.807, 2.05) is 0 Å². The molecule has 0 saturated heterocycles. The number of rotatable bonds is 5. The number of fused-ring (bicyclic) bond motifs is 1. The number of carbonyl (C=O) groups excluding carboxylic acids is 2. The molecule has 0 unspecified atom stereocenters. The van der Waals surface area contributed by atoms with E-state index >= 15 is 0 Å². The van der Waals surface area contributed by atoms with E-state index in [0.717, 1.165) is 34.0 Å². The van der Waals surface area contributed by atoms with Gasteiger partial charge in [0.25, 0.3) is 11.8 Å². The lowest BCUT2D eigenvalue weighted by Crippen LogP contribution is -2.22. The van der Waals surface area contributed by atoms with Crippen LogP contribution in [0.2, 0.25) is 0 Å². The van der Waals surface area contributed by atoms with E-state index in [9.17, 15) is 18.0 Å². The Bertz CT molecular complexity index is 1020. The van der Waals surface area contributed by atoms with E-state index in [2.05, 4.69) is 12.2 Å². The van der Waals surface area contributed by atoms with Crippen molar-refractivity contribution in [1.82, 2.24) is 4.31 Å². The van der Waals surface area contributed by atoms with E-state index < -0.39 is 21.8 Å². The Kier molecular flexibility index (Phi) is 5.60. The average molecular weight is 422 g/mol. The van der Waals surface area contributed by atoms with Crippen molar-refractivity contribution in [2.45, 2.75) is 31.1 Å². The van der Waals surface area contributed by atoms with Gasteiger partial charge in [0.05, 0.1) is 10.5 Å². The van der Waals surface area contributed by atoms with Gasteiger partial charge in [0.2, 0.25) is 10.0 Å². The zero-order chi connectivity index (χ0) is 20.6. The lowest BCUT2D eigenvalue weighted by atomic mass is 9.88. The zero-order valence-corrected chi connectivity index (χ0v) is 17.6. The molecule has 150 valence electrons. The molecule has 1 aromatic heterocycles. The highest BCUT2D eigenvalue weighted by molar-refractivity contribution is 7.89. The number of hydrogen-bond donors (Lipinski definition) is 2. The molecule has 1 aromatic carbocycles. The van der Waals surface area contributed by atoms with Gasteiger partial charge in [-0.3, -0.25) is 9.59 Å². The van der Waals surface area contributed by atoms with Gasteiger partial charge in [0.1, 0.15) is 5.00 Å². The average Bonchev–Trinajstić information content (AvgIpc) is 2.98. The SMILES string of the molecule is C[C@@H]1CCc2c(sc(NC(=O)c3ccc(S(=O)(=O)N(C)C)cc3)c2C(N)=O)C1. The minimum atomic E-state index is -3.56. The lowest BCUT2D eigenvalue weighted by Gasteiger charge is -2.18. The molecule has 28 heavy (non-hydrogen) atoms. The van der Waals surface area contributed by atoms with Gasteiger partial charge < -0.3 is 11.1 Å². The third-order valence-electron chi connectivity index (χ3n) is 4.88. The Morgan fingerprint density at radius 2 is 1.86 bits per heavy atom. The van der Waals surface area contributed by atoms with Crippen LogP contribution >= 0.6 is 11.3 Å². The summed E-state index contributed by atoms with van der Waals surface area (Å²) >= 11 is 1.39. The smallest absolute Gasteiger partial charge is 0.256 e. The van der Waals surface area contributed by atoms with E-state index in [0.29, 0.717) is 22.0 Å². The fourth-order valence-electron chi connectivity index (χ4n) is 3.26. The van der Waals surface area contributed by atoms with Gasteiger partial charge in [0.15, 0.2) is 0 Å². The van der Waals surface area contributed by atoms with Crippen molar-refractivity contribution >= 4 is 38.2 Å². The molecule has 0 fully saturated rings. The number of sulfonamides is 1. The first-order chi connectivity index (χ1) is 13.1. The Hall–Kier alpha value is -2.23. The summed E-state index contributed by atoms with van der Waals surface area (Å²) < 4.78 is 25.4. The minimum absolute atomic E-state index is 0.104. The van der Waals surface area contributed by atoms with Crippen molar-refractivity contribution in [1.29, 1.82) is 0 Å². The highest BCUT2D eigenvalue weighted by Crippen LogP contribution is 2.39. The van der Waals surface area contributed by atoms with Crippen molar-refractivity contribution in [3.05, 3.63) is 45.8 Å². The second kappa shape index (κ2) is 7.65. The summed E-state index contributed by atoms with van der Waals surface area (Å²) in [5.74, 6) is -0.431. The molecule has 3 N–H and O–H groups in total. The number of carbonyl (C=O) groups is 2. The van der Waals surface area contributed by atoms with Crippen LogP contribution in [0.4, 0.5) is 5.00 Å². The number of hydrogen-bond acceptors (Lipinski definition) is 5. The van der Waals surface area contributed by atoms with Crippen LogP contribution in [0.3, 0.4) is 0 Å². The number of thiophene rings is 1. The maximum absolute atomic E-state index is 12.6. The van der Waals surface area contributed by atoms with Crippen LogP contribution in [-0.4, -0.2) is 38.6 Å². The Morgan fingerprint density at radius 3 is 2.43 bits per heavy atom. The summed E-state index contributed by atoms with van der Waals surface area (Å²) in [6.07, 6.45) is 2.63. The van der Waals surface area contributed by atoms with Gasteiger partial charge >= 0.3 is 0 Å². The predicted molar refractivity (Wildman–Crippen MR) is 109 cm³/mol. The van der Waals surface area contributed by atoms with Crippen LogP contribution in [0.15, 0.2) is 29.2 Å². The van der Waals surface area contributed by atoms with E-state index in [-0.39, 0.29) is 4.90 Å². The molecule has 2 aromatic rings. The van der Waals surface area contributed by atoms with Crippen molar-refractivity contribution in [3.8, 4) is 0 Å². The molecule has 0 saturated carbocycles. The molecule has 1 aliphatic carbocycles. The number of nitrogens with one attached hydrogen (secondary N) is 1. The summed E-state index contributed by atoms with van der Waals surface area (Å²) in [6.45, 7) is 2.16. The zero-order valence-electron chi connectivity index (χ0n) is 16.0. The number of anilines is 1. The van der Waals surface area contributed by atoms with Crippen LogP contribution in [0.5, 0.6) is 0 Å². The molecule has 9 heteroatoms. The minimum Gasteiger partial charge on any atom is -0.365 e. The number of nitrogens with zero attached hydrogens (tertiary/aromatic N) is 1. The third-order valence-corrected chi connectivity index (χ3v) is 7.88. The van der Waals surface area contributed by atoms with Crippen molar-refractivity contribution < 1.29 is 18.0 Å². The Balaban J connectivity index is 1.87. The topological polar surface area (TPSA) is 110 Å². The second-order valence-corrected chi connectivity index (χ2v) is 10.4. The van der Waals surface area contributed by atoms with Crippen LogP contribution < -0.4 is 11.1 Å². The lowest BCUT2D eigenvalue weighted by molar-refractivity contribution is 0.1000. The third kappa shape index (κ3) is 3.82. The van der Waals surface area contributed by atoms with Crippen molar-refractivity contribution in [2.24, 2.45) is 11.7 Å². The second-order valence-electron chi connectivity index (χ2n) is 7.19. The Morgan fingerprint density at radius 1 is 1.21 bits per heavy atom. The summed E-state index contributed by atoms with van der Waals surface area (Å²) in [7, 11) is -0.671. The highest BCUT2D eigenvalue weighted by Gasteiger charge is 2.27. The molecule has 2 amide bonds. The molecule has 1 heterocycles. The van der Waals surface area contributed by atoms with Crippen LogP contribution in [0.1, 0.15) is 44.5 Å². The molecule has 7 nitrogen and oxygen atoms in total. The quantitative estimate of drug-likeness (QED) is 0.773. The van der Waals surface area contributed by atoms with E-state index in [1.54, 1.807) is 0 Å². The fraction of sp³-hybridized carbons (Fsp3) is 0.368. The van der Waals surface area contributed by atoms with Gasteiger partial charge in [-0.1, -0.05) is 6.92 Å². The normalized spacial score (nSPS) is 16.6. The van der Waals surface area contributed by atoms with Crippen LogP contribution in [-0.2, 0) is 22.9 Å². The molecular weight excluding hydrogens is 398 g/mol. The van der Waals surface area contributed by atoms with Gasteiger partial charge in [-0.15, -0.1) is 11.3 Å². The summed E-state index contributed by atoms with van der Waals surface area (Å²) in [6, 6.07) is 5.68. The van der Waals surface area contributed by atoms with Crippen molar-refractivity contribution in [3.63, 3.8) is 0 Å². The largest absolute Gasteiger partial charge is 0.365 e. The van der Waals surface area contributed by atoms with E-state index in [4.69, 9.17) is 5.73 Å². The first-order valence-electron chi connectivity index (χ1n) is 8.89. The molecule has 1 atom stereocenters. The van der Waals surface area contributed by atoms with E-state index in [1.165, 1.54) is 49.7 Å². The highest BCUT2D eigenvalue weighted by atomic mass is 32.2. The maximum atomic E-state index is 12.6. The van der Waals surface area contributed by atoms with Crippen LogP contribution in [0, 0.1) is 5.92 Å². The number of primary amides is 1. The first-order valence-corrected chi connectivity index (χ1v) is 11.1. The summed E-state index contributed by atoms with van der Waals surface area (Å²) in [5.41, 5.74) is 7.21. The Labute approximate surface area is 168 Å². The molecule has 0 spiro atoms. The maximum Gasteiger partial charge on any atom is 0.256 e. The number of nitrogens with two attached hydrogens (primary N) is 1. The summed E-state index contributed by atoms with van der Waals surface area (Å²) in [4.78, 5) is 25.8.